The predicted octanol–water partition coefficient (Wildman–Crippen LogP) is 3.41. The number of anilines is 2. The summed E-state index contributed by atoms with van der Waals surface area (Å²) in [4.78, 5) is 15.3. The van der Waals surface area contributed by atoms with Gasteiger partial charge in [-0.3, -0.25) is 4.79 Å². The van der Waals surface area contributed by atoms with E-state index in [0.717, 1.165) is 21.5 Å². The second kappa shape index (κ2) is 6.33. The fourth-order valence-corrected chi connectivity index (χ4v) is 2.08. The van der Waals surface area contributed by atoms with Crippen molar-refractivity contribution < 1.29 is 4.79 Å². The van der Waals surface area contributed by atoms with E-state index < -0.39 is 0 Å². The van der Waals surface area contributed by atoms with Crippen molar-refractivity contribution in [1.82, 2.24) is 4.98 Å². The Morgan fingerprint density at radius 2 is 1.95 bits per heavy atom. The van der Waals surface area contributed by atoms with E-state index in [2.05, 4.69) is 31.5 Å². The first kappa shape index (κ1) is 13.5. The molecule has 1 heterocycles. The van der Waals surface area contributed by atoms with E-state index in [4.69, 9.17) is 0 Å². The number of para-hydroxylation sites is 1. The number of hydrogen-bond donors (Lipinski definition) is 2. The van der Waals surface area contributed by atoms with Gasteiger partial charge in [0.25, 0.3) is 0 Å². The van der Waals surface area contributed by atoms with Crippen molar-refractivity contribution in [2.45, 2.75) is 13.5 Å². The summed E-state index contributed by atoms with van der Waals surface area (Å²) >= 11 is 3.39. The zero-order valence-corrected chi connectivity index (χ0v) is 12.1. The van der Waals surface area contributed by atoms with Crippen LogP contribution in [0.3, 0.4) is 0 Å². The minimum Gasteiger partial charge on any atom is -0.379 e. The molecule has 0 saturated carbocycles. The lowest BCUT2D eigenvalue weighted by molar-refractivity contribution is -0.114. The highest BCUT2D eigenvalue weighted by Gasteiger charge is 2.04. The second-order valence-corrected chi connectivity index (χ2v) is 4.78. The molecule has 0 bridgehead atoms. The summed E-state index contributed by atoms with van der Waals surface area (Å²) in [6.07, 6.45) is 1.72. The molecule has 0 fully saturated rings. The smallest absolute Gasteiger partial charge is 0.221 e. The molecule has 0 saturated heterocycles. The quantitative estimate of drug-likeness (QED) is 0.849. The zero-order chi connectivity index (χ0) is 13.7. The van der Waals surface area contributed by atoms with Crippen LogP contribution in [-0.2, 0) is 11.3 Å². The lowest BCUT2D eigenvalue weighted by Crippen LogP contribution is -2.10. The van der Waals surface area contributed by atoms with E-state index in [1.807, 2.05) is 36.4 Å². The number of halogens is 1. The number of benzene rings is 1. The molecule has 4 nitrogen and oxygen atoms in total. The molecule has 0 radical (unpaired) electrons. The molecule has 1 amide bonds. The highest BCUT2D eigenvalue weighted by Crippen LogP contribution is 2.21. The van der Waals surface area contributed by atoms with Crippen LogP contribution in [0.2, 0.25) is 0 Å². The molecule has 0 spiro atoms. The van der Waals surface area contributed by atoms with Gasteiger partial charge in [-0.05, 0) is 39.7 Å². The van der Waals surface area contributed by atoms with Gasteiger partial charge in [0.15, 0.2) is 0 Å². The van der Waals surface area contributed by atoms with Crippen LogP contribution in [-0.4, -0.2) is 10.9 Å². The van der Waals surface area contributed by atoms with E-state index in [1.54, 1.807) is 6.20 Å². The first-order valence-corrected chi connectivity index (χ1v) is 6.66. The van der Waals surface area contributed by atoms with Gasteiger partial charge in [0, 0.05) is 25.4 Å². The van der Waals surface area contributed by atoms with Crippen molar-refractivity contribution in [3.63, 3.8) is 0 Å². The summed E-state index contributed by atoms with van der Waals surface area (Å²) in [6.45, 7) is 2.11. The monoisotopic (exact) mass is 319 g/mol. The lowest BCUT2D eigenvalue weighted by atomic mass is 10.1. The van der Waals surface area contributed by atoms with Crippen LogP contribution >= 0.6 is 15.9 Å². The molecular weight excluding hydrogens is 306 g/mol. The molecule has 1 aromatic carbocycles. The van der Waals surface area contributed by atoms with Gasteiger partial charge in [0.05, 0.1) is 5.69 Å². The average Bonchev–Trinajstić information content (AvgIpc) is 2.39. The molecule has 98 valence electrons. The Morgan fingerprint density at radius 1 is 1.21 bits per heavy atom. The summed E-state index contributed by atoms with van der Waals surface area (Å²) in [5.74, 6) is -0.0741. The molecule has 2 N–H and O–H groups in total. The molecule has 0 aliphatic rings. The number of aromatic nitrogens is 1. The van der Waals surface area contributed by atoms with Crippen LogP contribution in [0.15, 0.2) is 47.2 Å². The highest BCUT2D eigenvalue weighted by atomic mass is 79.9. The SMILES string of the molecule is CC(=O)Nc1ccccc1CNc1cccnc1Br. The second-order valence-electron chi connectivity index (χ2n) is 4.03. The van der Waals surface area contributed by atoms with E-state index in [0.29, 0.717) is 6.54 Å². The van der Waals surface area contributed by atoms with E-state index in [-0.39, 0.29) is 5.91 Å². The third kappa shape index (κ3) is 3.79. The van der Waals surface area contributed by atoms with Gasteiger partial charge in [-0.2, -0.15) is 0 Å². The Hall–Kier alpha value is -1.88. The number of hydrogen-bond acceptors (Lipinski definition) is 3. The summed E-state index contributed by atoms with van der Waals surface area (Å²) in [7, 11) is 0. The van der Waals surface area contributed by atoms with Crippen LogP contribution < -0.4 is 10.6 Å². The first-order valence-electron chi connectivity index (χ1n) is 5.86. The zero-order valence-electron chi connectivity index (χ0n) is 10.5. The van der Waals surface area contributed by atoms with Crippen LogP contribution in [0.1, 0.15) is 12.5 Å². The maximum atomic E-state index is 11.1. The van der Waals surface area contributed by atoms with Crippen molar-refractivity contribution in [3.8, 4) is 0 Å². The van der Waals surface area contributed by atoms with Gasteiger partial charge in [0.1, 0.15) is 4.60 Å². The third-order valence-electron chi connectivity index (χ3n) is 2.56. The molecule has 19 heavy (non-hydrogen) atoms. The number of amides is 1. The van der Waals surface area contributed by atoms with Crippen LogP contribution in [0, 0.1) is 0 Å². The topological polar surface area (TPSA) is 54.0 Å². The van der Waals surface area contributed by atoms with Crippen LogP contribution in [0.5, 0.6) is 0 Å². The van der Waals surface area contributed by atoms with Gasteiger partial charge in [-0.15, -0.1) is 0 Å². The lowest BCUT2D eigenvalue weighted by Gasteiger charge is -2.12. The molecule has 0 aliphatic carbocycles. The summed E-state index contributed by atoms with van der Waals surface area (Å²) in [5.41, 5.74) is 2.76. The number of pyridine rings is 1. The fraction of sp³-hybridized carbons (Fsp3) is 0.143. The van der Waals surface area contributed by atoms with E-state index in [1.165, 1.54) is 6.92 Å². The number of carbonyl (C=O) groups excluding carboxylic acids is 1. The van der Waals surface area contributed by atoms with Crippen molar-refractivity contribution in [2.75, 3.05) is 10.6 Å². The number of carbonyl (C=O) groups is 1. The van der Waals surface area contributed by atoms with Gasteiger partial charge in [0.2, 0.25) is 5.91 Å². The van der Waals surface area contributed by atoms with E-state index in [9.17, 15) is 4.79 Å². The molecule has 0 aliphatic heterocycles. The van der Waals surface area contributed by atoms with Gasteiger partial charge in [-0.1, -0.05) is 18.2 Å². The fourth-order valence-electron chi connectivity index (χ4n) is 1.69. The Bertz CT molecular complexity index is 586. The molecule has 0 unspecified atom stereocenters. The largest absolute Gasteiger partial charge is 0.379 e. The first-order chi connectivity index (χ1) is 9.16. The molecular formula is C14H14BrN3O. The minimum atomic E-state index is -0.0741. The third-order valence-corrected chi connectivity index (χ3v) is 3.19. The summed E-state index contributed by atoms with van der Waals surface area (Å²) in [6, 6.07) is 11.5. The van der Waals surface area contributed by atoms with Gasteiger partial charge < -0.3 is 10.6 Å². The normalized spacial score (nSPS) is 10.0. The average molecular weight is 320 g/mol. The molecule has 5 heteroatoms. The Kier molecular flexibility index (Phi) is 4.52. The van der Waals surface area contributed by atoms with Crippen LogP contribution in [0.4, 0.5) is 11.4 Å². The number of rotatable bonds is 4. The molecule has 1 aromatic heterocycles. The van der Waals surface area contributed by atoms with Crippen molar-refractivity contribution in [2.24, 2.45) is 0 Å². The maximum absolute atomic E-state index is 11.1. The van der Waals surface area contributed by atoms with Gasteiger partial charge in [-0.25, -0.2) is 4.98 Å². The minimum absolute atomic E-state index is 0.0741. The summed E-state index contributed by atoms with van der Waals surface area (Å²) in [5, 5.41) is 6.10. The molecule has 0 atom stereocenters. The number of nitrogens with zero attached hydrogens (tertiary/aromatic N) is 1. The van der Waals surface area contributed by atoms with Gasteiger partial charge >= 0.3 is 0 Å². The maximum Gasteiger partial charge on any atom is 0.221 e. The molecule has 2 rings (SSSR count). The van der Waals surface area contributed by atoms with Crippen molar-refractivity contribution in [1.29, 1.82) is 0 Å². The van der Waals surface area contributed by atoms with Crippen molar-refractivity contribution in [3.05, 3.63) is 52.8 Å². The Balaban J connectivity index is 2.11. The Labute approximate surface area is 120 Å². The van der Waals surface area contributed by atoms with Crippen LogP contribution in [0.25, 0.3) is 0 Å². The molecule has 2 aromatic rings. The predicted molar refractivity (Wildman–Crippen MR) is 80.0 cm³/mol. The highest BCUT2D eigenvalue weighted by molar-refractivity contribution is 9.10. The van der Waals surface area contributed by atoms with Crippen molar-refractivity contribution >= 4 is 33.2 Å². The standard InChI is InChI=1S/C14H14BrN3O/c1-10(19)18-12-6-3-2-5-11(12)9-17-13-7-4-8-16-14(13)15/h2-8,17H,9H2,1H3,(H,18,19). The Morgan fingerprint density at radius 3 is 2.68 bits per heavy atom. The van der Waals surface area contributed by atoms with E-state index >= 15 is 0 Å². The summed E-state index contributed by atoms with van der Waals surface area (Å²) < 4.78 is 0.770. The number of nitrogens with one attached hydrogen (secondary N) is 2.